The minimum atomic E-state index is -0.226. The van der Waals surface area contributed by atoms with Crippen LogP contribution in [0.4, 0.5) is 0 Å². The lowest BCUT2D eigenvalue weighted by Gasteiger charge is -2.17. The minimum absolute atomic E-state index is 0.0843. The van der Waals surface area contributed by atoms with E-state index in [1.54, 1.807) is 0 Å². The van der Waals surface area contributed by atoms with Crippen LogP contribution >= 0.6 is 15.9 Å². The van der Waals surface area contributed by atoms with Gasteiger partial charge in [-0.25, -0.2) is 0 Å². The maximum Gasteiger partial charge on any atom is 0.305 e. The molecule has 0 fully saturated rings. The van der Waals surface area contributed by atoms with Gasteiger partial charge in [-0.2, -0.15) is 0 Å². The van der Waals surface area contributed by atoms with Crippen molar-refractivity contribution in [2.24, 2.45) is 0 Å². The summed E-state index contributed by atoms with van der Waals surface area (Å²) < 4.78 is 17.2. The molecule has 0 aliphatic carbocycles. The fraction of sp³-hybridized carbons (Fsp3) is 0.821. The normalized spacial score (nSPS) is 11.9. The molecule has 194 valence electrons. The predicted octanol–water partition coefficient (Wildman–Crippen LogP) is 8.68. The summed E-state index contributed by atoms with van der Waals surface area (Å²) >= 11 is 3.43. The Bertz CT molecular complexity index is 441. The number of alkyl halides is 1. The second-order valence-electron chi connectivity index (χ2n) is 8.60. The van der Waals surface area contributed by atoms with E-state index in [1.807, 2.05) is 0 Å². The lowest BCUT2D eigenvalue weighted by Crippen LogP contribution is -2.18. The molecule has 0 unspecified atom stereocenters. The van der Waals surface area contributed by atoms with E-state index < -0.39 is 0 Å². The molecule has 0 heterocycles. The summed E-state index contributed by atoms with van der Waals surface area (Å²) in [6, 6.07) is 0. The first-order chi connectivity index (χ1) is 16.2. The topological polar surface area (TPSA) is 44.8 Å². The molecule has 0 bridgehead atoms. The molecule has 0 radical (unpaired) electrons. The molecular weight excluding hydrogens is 480 g/mol. The fourth-order valence-electron chi connectivity index (χ4n) is 3.33. The van der Waals surface area contributed by atoms with Gasteiger partial charge in [0.2, 0.25) is 0 Å². The highest BCUT2D eigenvalue weighted by Crippen LogP contribution is 2.11. The van der Waals surface area contributed by atoms with Crippen LogP contribution in [0.1, 0.15) is 117 Å². The zero-order valence-electron chi connectivity index (χ0n) is 21.5. The number of hydrogen-bond donors (Lipinski definition) is 0. The second kappa shape index (κ2) is 27.6. The van der Waals surface area contributed by atoms with Crippen LogP contribution in [0.5, 0.6) is 0 Å². The molecule has 0 saturated heterocycles. The Morgan fingerprint density at radius 2 is 1.33 bits per heavy atom. The number of allylic oxidation sites excluding steroid dienone is 2. The van der Waals surface area contributed by atoms with E-state index in [4.69, 9.17) is 14.2 Å². The van der Waals surface area contributed by atoms with E-state index >= 15 is 0 Å². The summed E-state index contributed by atoms with van der Waals surface area (Å²) in [5.74, 6) is -0.0843. The van der Waals surface area contributed by atoms with Crippen molar-refractivity contribution in [2.45, 2.75) is 123 Å². The molecule has 0 aliphatic heterocycles. The quantitative estimate of drug-likeness (QED) is 0.0389. The highest BCUT2D eigenvalue weighted by molar-refractivity contribution is 9.09. The van der Waals surface area contributed by atoms with E-state index in [9.17, 15) is 4.79 Å². The number of halogens is 1. The van der Waals surface area contributed by atoms with E-state index in [2.05, 4.69) is 54.1 Å². The molecular formula is C28H51BrO4. The molecule has 0 amide bonds. The van der Waals surface area contributed by atoms with Crippen LogP contribution in [0.3, 0.4) is 0 Å². The Hall–Kier alpha value is -0.650. The van der Waals surface area contributed by atoms with E-state index in [0.717, 1.165) is 50.3 Å². The van der Waals surface area contributed by atoms with Gasteiger partial charge in [0.15, 0.2) is 6.29 Å². The number of hydrogen-bond acceptors (Lipinski definition) is 4. The van der Waals surface area contributed by atoms with Crippen molar-refractivity contribution >= 4 is 21.9 Å². The van der Waals surface area contributed by atoms with Gasteiger partial charge >= 0.3 is 5.97 Å². The predicted molar refractivity (Wildman–Crippen MR) is 144 cm³/mol. The molecule has 0 spiro atoms. The van der Waals surface area contributed by atoms with Gasteiger partial charge in [-0.1, -0.05) is 92.6 Å². The fourth-order valence-corrected chi connectivity index (χ4v) is 3.72. The van der Waals surface area contributed by atoms with Crippen LogP contribution in [0, 0.1) is 0 Å². The zero-order chi connectivity index (χ0) is 24.2. The third kappa shape index (κ3) is 25.8. The molecule has 33 heavy (non-hydrogen) atoms. The number of unbranched alkanes of at least 4 members (excludes halogenated alkanes) is 10. The number of carbonyl (C=O) groups is 1. The first-order valence-electron chi connectivity index (χ1n) is 13.5. The highest BCUT2D eigenvalue weighted by atomic mass is 79.9. The molecule has 0 atom stereocenters. The van der Waals surface area contributed by atoms with Crippen LogP contribution in [0.2, 0.25) is 0 Å². The molecule has 0 aromatic rings. The monoisotopic (exact) mass is 530 g/mol. The lowest BCUT2D eigenvalue weighted by molar-refractivity contribution is -0.144. The Morgan fingerprint density at radius 1 is 0.727 bits per heavy atom. The van der Waals surface area contributed by atoms with Crippen LogP contribution in [0.15, 0.2) is 24.3 Å². The van der Waals surface area contributed by atoms with Crippen LogP contribution in [-0.2, 0) is 19.0 Å². The van der Waals surface area contributed by atoms with Crippen molar-refractivity contribution in [3.8, 4) is 0 Å². The number of ether oxygens (including phenoxy) is 3. The van der Waals surface area contributed by atoms with E-state index in [1.165, 1.54) is 51.4 Å². The summed E-state index contributed by atoms with van der Waals surface area (Å²) in [5, 5.41) is 1.05. The molecule has 0 aliphatic rings. The first-order valence-corrected chi connectivity index (χ1v) is 14.6. The van der Waals surface area contributed by atoms with Gasteiger partial charge < -0.3 is 14.2 Å². The van der Waals surface area contributed by atoms with Crippen molar-refractivity contribution in [1.29, 1.82) is 0 Å². The van der Waals surface area contributed by atoms with Crippen molar-refractivity contribution in [2.75, 3.05) is 25.2 Å². The SMILES string of the molecule is CCCCC/C=C/COC(CCCCC(=O)OCCCCCCBr)OC/C=C/CCCCC. The Labute approximate surface area is 213 Å². The zero-order valence-corrected chi connectivity index (χ0v) is 23.1. The summed E-state index contributed by atoms with van der Waals surface area (Å²) in [4.78, 5) is 11.9. The van der Waals surface area contributed by atoms with Gasteiger partial charge in [0.25, 0.3) is 0 Å². The molecule has 5 heteroatoms. The van der Waals surface area contributed by atoms with Crippen molar-refractivity contribution in [3.05, 3.63) is 24.3 Å². The van der Waals surface area contributed by atoms with Crippen LogP contribution < -0.4 is 0 Å². The van der Waals surface area contributed by atoms with Crippen LogP contribution in [0.25, 0.3) is 0 Å². The number of rotatable bonds is 25. The summed E-state index contributed by atoms with van der Waals surface area (Å²) in [6.07, 6.45) is 25.6. The molecule has 0 aromatic carbocycles. The van der Waals surface area contributed by atoms with Crippen molar-refractivity contribution < 1.29 is 19.0 Å². The molecule has 0 aromatic heterocycles. The Balaban J connectivity index is 4.07. The summed E-state index contributed by atoms with van der Waals surface area (Å²) in [6.45, 7) is 6.15. The smallest absolute Gasteiger partial charge is 0.305 e. The summed E-state index contributed by atoms with van der Waals surface area (Å²) in [5.41, 5.74) is 0. The average Bonchev–Trinajstić information content (AvgIpc) is 2.82. The summed E-state index contributed by atoms with van der Waals surface area (Å²) in [7, 11) is 0. The average molecular weight is 532 g/mol. The third-order valence-corrected chi connectivity index (χ3v) is 5.96. The largest absolute Gasteiger partial charge is 0.466 e. The molecule has 0 saturated carbocycles. The number of carbonyl (C=O) groups excluding carboxylic acids is 1. The third-order valence-electron chi connectivity index (χ3n) is 5.40. The van der Waals surface area contributed by atoms with Crippen LogP contribution in [-0.4, -0.2) is 37.4 Å². The Morgan fingerprint density at radius 3 is 1.91 bits per heavy atom. The van der Waals surface area contributed by atoms with Gasteiger partial charge in [0.1, 0.15) is 0 Å². The minimum Gasteiger partial charge on any atom is -0.466 e. The standard InChI is InChI=1S/C28H51BrO4/c1-3-5-7-9-12-19-25-32-28(33-26-20-13-10-8-6-4-2)22-16-15-21-27(30)31-24-18-14-11-17-23-29/h12-13,19-20,28H,3-11,14-18,21-26H2,1-2H3/b19-12+,20-13+. The van der Waals surface area contributed by atoms with Gasteiger partial charge in [-0.15, -0.1) is 0 Å². The van der Waals surface area contributed by atoms with Gasteiger partial charge in [-0.05, 0) is 57.8 Å². The van der Waals surface area contributed by atoms with E-state index in [0.29, 0.717) is 26.2 Å². The van der Waals surface area contributed by atoms with E-state index in [-0.39, 0.29) is 12.3 Å². The van der Waals surface area contributed by atoms with Gasteiger partial charge in [0.05, 0.1) is 19.8 Å². The number of esters is 1. The van der Waals surface area contributed by atoms with Crippen molar-refractivity contribution in [1.82, 2.24) is 0 Å². The molecule has 4 nitrogen and oxygen atoms in total. The molecule has 0 N–H and O–H groups in total. The second-order valence-corrected chi connectivity index (χ2v) is 9.39. The van der Waals surface area contributed by atoms with Gasteiger partial charge in [0, 0.05) is 11.8 Å². The maximum absolute atomic E-state index is 11.9. The first kappa shape index (κ1) is 32.4. The lowest BCUT2D eigenvalue weighted by atomic mass is 10.2. The van der Waals surface area contributed by atoms with Crippen molar-refractivity contribution in [3.63, 3.8) is 0 Å². The Kier molecular flexibility index (Phi) is 27.0. The maximum atomic E-state index is 11.9. The highest BCUT2D eigenvalue weighted by Gasteiger charge is 2.09. The molecule has 0 rings (SSSR count). The van der Waals surface area contributed by atoms with Gasteiger partial charge in [-0.3, -0.25) is 4.79 Å².